The lowest BCUT2D eigenvalue weighted by molar-refractivity contribution is -0.123. The van der Waals surface area contributed by atoms with Crippen LogP contribution in [0.15, 0.2) is 48.5 Å². The van der Waals surface area contributed by atoms with Crippen LogP contribution in [-0.2, 0) is 9.53 Å². The van der Waals surface area contributed by atoms with E-state index in [-0.39, 0.29) is 11.3 Å². The molecule has 0 aliphatic rings. The minimum atomic E-state index is -1.02. The van der Waals surface area contributed by atoms with Crippen LogP contribution in [0.3, 0.4) is 0 Å². The fraction of sp³-hybridized carbons (Fsp3) is 0.118. The molecule has 0 aliphatic carbocycles. The lowest BCUT2D eigenvalue weighted by Crippen LogP contribution is -2.34. The Bertz CT molecular complexity index is 761. The number of ether oxygens (including phenoxy) is 2. The van der Waals surface area contributed by atoms with Gasteiger partial charge < -0.3 is 9.47 Å². The van der Waals surface area contributed by atoms with E-state index in [1.54, 1.807) is 18.2 Å². The summed E-state index contributed by atoms with van der Waals surface area (Å²) in [4.78, 5) is 35.1. The minimum absolute atomic E-state index is 0.246. The SMILES string of the molecule is COc1ccc(C(=O)OCC(=O)NC(=O)c2ccccc2)c(F)c1. The maximum atomic E-state index is 13.7. The van der Waals surface area contributed by atoms with Crippen LogP contribution in [0.4, 0.5) is 4.39 Å². The Morgan fingerprint density at radius 2 is 1.79 bits per heavy atom. The van der Waals surface area contributed by atoms with Crippen molar-refractivity contribution in [1.82, 2.24) is 5.32 Å². The molecular weight excluding hydrogens is 317 g/mol. The van der Waals surface area contributed by atoms with E-state index in [1.165, 1.54) is 31.4 Å². The third-order valence-corrected chi connectivity index (χ3v) is 3.02. The first-order valence-electron chi connectivity index (χ1n) is 6.91. The first-order valence-corrected chi connectivity index (χ1v) is 6.91. The number of amides is 2. The number of nitrogens with one attached hydrogen (secondary N) is 1. The smallest absolute Gasteiger partial charge is 0.341 e. The van der Waals surface area contributed by atoms with Crippen LogP contribution in [0.5, 0.6) is 5.75 Å². The predicted molar refractivity (Wildman–Crippen MR) is 82.1 cm³/mol. The largest absolute Gasteiger partial charge is 0.497 e. The number of benzene rings is 2. The number of carbonyl (C=O) groups is 3. The van der Waals surface area contributed by atoms with E-state index in [0.29, 0.717) is 5.56 Å². The predicted octanol–water partition coefficient (Wildman–Crippen LogP) is 1.95. The number of esters is 1. The molecule has 24 heavy (non-hydrogen) atoms. The number of halogens is 1. The van der Waals surface area contributed by atoms with Gasteiger partial charge in [0.1, 0.15) is 11.6 Å². The van der Waals surface area contributed by atoms with Gasteiger partial charge in [-0.25, -0.2) is 9.18 Å². The fourth-order valence-electron chi connectivity index (χ4n) is 1.82. The summed E-state index contributed by atoms with van der Waals surface area (Å²) in [7, 11) is 1.36. The summed E-state index contributed by atoms with van der Waals surface area (Å²) in [6.07, 6.45) is 0. The monoisotopic (exact) mass is 331 g/mol. The van der Waals surface area contributed by atoms with Gasteiger partial charge in [0.25, 0.3) is 11.8 Å². The molecule has 0 aromatic heterocycles. The molecule has 0 saturated heterocycles. The van der Waals surface area contributed by atoms with Crippen molar-refractivity contribution < 1.29 is 28.2 Å². The average Bonchev–Trinajstić information content (AvgIpc) is 2.60. The summed E-state index contributed by atoms with van der Waals surface area (Å²) in [5.41, 5.74) is -0.0450. The van der Waals surface area contributed by atoms with Gasteiger partial charge in [0.05, 0.1) is 12.7 Å². The molecule has 0 aliphatic heterocycles. The molecule has 124 valence electrons. The topological polar surface area (TPSA) is 81.7 Å². The Hall–Kier alpha value is -3.22. The first kappa shape index (κ1) is 17.1. The molecule has 6 nitrogen and oxygen atoms in total. The standard InChI is InChI=1S/C17H14FNO5/c1-23-12-7-8-13(14(18)9-12)17(22)24-10-15(20)19-16(21)11-5-3-2-4-6-11/h2-9H,10H2,1H3,(H,19,20,21). The Kier molecular flexibility index (Phi) is 5.62. The van der Waals surface area contributed by atoms with Gasteiger partial charge >= 0.3 is 5.97 Å². The number of methoxy groups -OCH3 is 1. The van der Waals surface area contributed by atoms with Gasteiger partial charge in [-0.1, -0.05) is 18.2 Å². The zero-order valence-corrected chi connectivity index (χ0v) is 12.7. The zero-order valence-electron chi connectivity index (χ0n) is 12.7. The second-order valence-corrected chi connectivity index (χ2v) is 4.67. The third kappa shape index (κ3) is 4.39. The van der Waals surface area contributed by atoms with E-state index in [0.717, 1.165) is 6.07 Å². The van der Waals surface area contributed by atoms with Gasteiger partial charge in [0.2, 0.25) is 0 Å². The molecule has 0 saturated carbocycles. The van der Waals surface area contributed by atoms with Gasteiger partial charge in [-0.2, -0.15) is 0 Å². The second-order valence-electron chi connectivity index (χ2n) is 4.67. The summed E-state index contributed by atoms with van der Waals surface area (Å²) in [6, 6.07) is 11.7. The van der Waals surface area contributed by atoms with Crippen molar-refractivity contribution in [3.63, 3.8) is 0 Å². The van der Waals surface area contributed by atoms with Crippen LogP contribution in [0, 0.1) is 5.82 Å². The number of imide groups is 1. The van der Waals surface area contributed by atoms with Crippen molar-refractivity contribution in [2.75, 3.05) is 13.7 Å². The number of rotatable bonds is 5. The van der Waals surface area contributed by atoms with Gasteiger partial charge in [-0.15, -0.1) is 0 Å². The van der Waals surface area contributed by atoms with Crippen LogP contribution < -0.4 is 10.1 Å². The molecule has 0 radical (unpaired) electrons. The van der Waals surface area contributed by atoms with Crippen molar-refractivity contribution in [1.29, 1.82) is 0 Å². The lowest BCUT2D eigenvalue weighted by atomic mass is 10.2. The summed E-state index contributed by atoms with van der Waals surface area (Å²) in [5, 5.41) is 2.07. The highest BCUT2D eigenvalue weighted by Gasteiger charge is 2.17. The zero-order chi connectivity index (χ0) is 17.5. The molecule has 0 spiro atoms. The Morgan fingerprint density at radius 3 is 2.42 bits per heavy atom. The second kappa shape index (κ2) is 7.87. The molecule has 0 unspecified atom stereocenters. The van der Waals surface area contributed by atoms with Gasteiger partial charge in [-0.3, -0.25) is 14.9 Å². The van der Waals surface area contributed by atoms with E-state index < -0.39 is 30.2 Å². The van der Waals surface area contributed by atoms with Crippen molar-refractivity contribution >= 4 is 17.8 Å². The summed E-state index contributed by atoms with van der Waals surface area (Å²) in [5.74, 6) is -3.04. The van der Waals surface area contributed by atoms with Gasteiger partial charge in [0.15, 0.2) is 6.61 Å². The van der Waals surface area contributed by atoms with Crippen LogP contribution in [0.25, 0.3) is 0 Å². The highest BCUT2D eigenvalue weighted by Crippen LogP contribution is 2.16. The first-order chi connectivity index (χ1) is 11.5. The van der Waals surface area contributed by atoms with E-state index in [1.807, 2.05) is 0 Å². The van der Waals surface area contributed by atoms with Crippen molar-refractivity contribution in [3.8, 4) is 5.75 Å². The van der Waals surface area contributed by atoms with Crippen molar-refractivity contribution in [3.05, 3.63) is 65.5 Å². The molecule has 2 aromatic rings. The summed E-state index contributed by atoms with van der Waals surface area (Å²) in [6.45, 7) is -0.705. The highest BCUT2D eigenvalue weighted by molar-refractivity contribution is 6.05. The molecule has 2 amide bonds. The molecule has 0 fully saturated rings. The van der Waals surface area contributed by atoms with Crippen LogP contribution in [-0.4, -0.2) is 31.5 Å². The van der Waals surface area contributed by atoms with E-state index in [4.69, 9.17) is 9.47 Å². The van der Waals surface area contributed by atoms with Crippen molar-refractivity contribution in [2.45, 2.75) is 0 Å². The summed E-state index contributed by atoms with van der Waals surface area (Å²) >= 11 is 0. The number of carbonyl (C=O) groups excluding carboxylic acids is 3. The van der Waals surface area contributed by atoms with Gasteiger partial charge in [0, 0.05) is 11.6 Å². The molecule has 2 aromatic carbocycles. The fourth-order valence-corrected chi connectivity index (χ4v) is 1.82. The van der Waals surface area contributed by atoms with E-state index in [2.05, 4.69) is 5.32 Å². The van der Waals surface area contributed by atoms with E-state index >= 15 is 0 Å². The van der Waals surface area contributed by atoms with Crippen LogP contribution >= 0.6 is 0 Å². The quantitative estimate of drug-likeness (QED) is 0.847. The molecule has 0 heterocycles. The van der Waals surface area contributed by atoms with E-state index in [9.17, 15) is 18.8 Å². The van der Waals surface area contributed by atoms with Crippen LogP contribution in [0.2, 0.25) is 0 Å². The molecule has 2 rings (SSSR count). The number of hydrogen-bond donors (Lipinski definition) is 1. The Morgan fingerprint density at radius 1 is 1.08 bits per heavy atom. The van der Waals surface area contributed by atoms with Crippen LogP contribution in [0.1, 0.15) is 20.7 Å². The minimum Gasteiger partial charge on any atom is -0.497 e. The lowest BCUT2D eigenvalue weighted by Gasteiger charge is -2.07. The summed E-state index contributed by atoms with van der Waals surface area (Å²) < 4.78 is 23.2. The molecule has 0 atom stereocenters. The maximum absolute atomic E-state index is 13.7. The molecular formula is C17H14FNO5. The third-order valence-electron chi connectivity index (χ3n) is 3.02. The normalized spacial score (nSPS) is 9.92. The molecule has 1 N–H and O–H groups in total. The van der Waals surface area contributed by atoms with Crippen molar-refractivity contribution in [2.24, 2.45) is 0 Å². The Labute approximate surface area is 137 Å². The maximum Gasteiger partial charge on any atom is 0.341 e. The number of hydrogen-bond acceptors (Lipinski definition) is 5. The molecule has 7 heteroatoms. The molecule has 0 bridgehead atoms. The van der Waals surface area contributed by atoms with Gasteiger partial charge in [-0.05, 0) is 24.3 Å². The average molecular weight is 331 g/mol. The Balaban J connectivity index is 1.89. The highest BCUT2D eigenvalue weighted by atomic mass is 19.1.